The fourth-order valence-electron chi connectivity index (χ4n) is 4.22. The number of carbonyl (C=O) groups is 3. The van der Waals surface area contributed by atoms with Gasteiger partial charge in [-0.1, -0.05) is 54.0 Å². The SMILES string of the molecule is CCOC(=O)/C(C)=C/C(C(C)C)N(C)C(=O)C(NC(=O)C1CCCCN1CC)C(C)(C)C. The lowest BCUT2D eigenvalue weighted by atomic mass is 9.84. The van der Waals surface area contributed by atoms with Crippen molar-refractivity contribution in [1.82, 2.24) is 15.1 Å². The van der Waals surface area contributed by atoms with Crippen LogP contribution >= 0.6 is 0 Å². The zero-order valence-corrected chi connectivity index (χ0v) is 21.7. The van der Waals surface area contributed by atoms with Crippen LogP contribution in [0.3, 0.4) is 0 Å². The van der Waals surface area contributed by atoms with Crippen molar-refractivity contribution in [2.24, 2.45) is 11.3 Å². The third-order valence-electron chi connectivity index (χ3n) is 6.22. The van der Waals surface area contributed by atoms with Crippen molar-refractivity contribution in [2.75, 3.05) is 26.7 Å². The van der Waals surface area contributed by atoms with Gasteiger partial charge >= 0.3 is 5.97 Å². The first-order chi connectivity index (χ1) is 14.8. The van der Waals surface area contributed by atoms with E-state index in [1.54, 1.807) is 31.9 Å². The number of hydrogen-bond donors (Lipinski definition) is 1. The quantitative estimate of drug-likeness (QED) is 0.429. The molecular weight excluding hydrogens is 406 g/mol. The summed E-state index contributed by atoms with van der Waals surface area (Å²) < 4.78 is 5.09. The number of likely N-dealkylation sites (tertiary alicyclic amines) is 1. The number of hydrogen-bond acceptors (Lipinski definition) is 5. The van der Waals surface area contributed by atoms with E-state index in [1.165, 1.54) is 0 Å². The summed E-state index contributed by atoms with van der Waals surface area (Å²) in [4.78, 5) is 42.8. The number of likely N-dealkylation sites (N-methyl/N-ethyl adjacent to an activating group) is 2. The normalized spacial score (nSPS) is 19.9. The number of nitrogens with one attached hydrogen (secondary N) is 1. The van der Waals surface area contributed by atoms with Gasteiger partial charge in [0.1, 0.15) is 6.04 Å². The molecule has 0 aliphatic carbocycles. The lowest BCUT2D eigenvalue weighted by molar-refractivity contribution is -0.142. The van der Waals surface area contributed by atoms with Gasteiger partial charge in [0.15, 0.2) is 0 Å². The van der Waals surface area contributed by atoms with E-state index in [4.69, 9.17) is 4.74 Å². The standard InChI is InChI=1S/C25H45N3O4/c1-10-28-15-13-12-14-19(28)22(29)26-21(25(6,7)8)23(30)27(9)20(17(3)4)16-18(5)24(31)32-11-2/h16-17,19-21H,10-15H2,1-9H3,(H,26,29)/b18-16+. The summed E-state index contributed by atoms with van der Waals surface area (Å²) in [5.41, 5.74) is 0.0102. The molecule has 0 aromatic heterocycles. The highest BCUT2D eigenvalue weighted by molar-refractivity contribution is 5.91. The maximum absolute atomic E-state index is 13.6. The Balaban J connectivity index is 3.12. The minimum atomic E-state index is -0.668. The molecule has 7 heteroatoms. The summed E-state index contributed by atoms with van der Waals surface area (Å²) >= 11 is 0. The molecule has 0 saturated carbocycles. The lowest BCUT2D eigenvalue weighted by Crippen LogP contribution is -2.60. The highest BCUT2D eigenvalue weighted by Gasteiger charge is 2.39. The van der Waals surface area contributed by atoms with Crippen LogP contribution in [0.2, 0.25) is 0 Å². The molecule has 1 rings (SSSR count). The number of nitrogens with zero attached hydrogens (tertiary/aromatic N) is 2. The van der Waals surface area contributed by atoms with E-state index in [1.807, 2.05) is 34.6 Å². The van der Waals surface area contributed by atoms with Crippen molar-refractivity contribution in [1.29, 1.82) is 0 Å². The van der Waals surface area contributed by atoms with Gasteiger partial charge in [0, 0.05) is 12.6 Å². The van der Waals surface area contributed by atoms with Gasteiger partial charge in [0.25, 0.3) is 0 Å². The molecule has 3 unspecified atom stereocenters. The molecule has 0 bridgehead atoms. The van der Waals surface area contributed by atoms with Gasteiger partial charge in [0.05, 0.1) is 18.7 Å². The van der Waals surface area contributed by atoms with Gasteiger partial charge in [0.2, 0.25) is 11.8 Å². The van der Waals surface area contributed by atoms with Crippen molar-refractivity contribution in [3.05, 3.63) is 11.6 Å². The molecule has 1 aliphatic rings. The highest BCUT2D eigenvalue weighted by Crippen LogP contribution is 2.25. The Morgan fingerprint density at radius 1 is 1.19 bits per heavy atom. The topological polar surface area (TPSA) is 79.0 Å². The van der Waals surface area contributed by atoms with Gasteiger partial charge in [-0.15, -0.1) is 0 Å². The van der Waals surface area contributed by atoms with E-state index in [9.17, 15) is 14.4 Å². The van der Waals surface area contributed by atoms with Crippen molar-refractivity contribution in [3.63, 3.8) is 0 Å². The van der Waals surface area contributed by atoms with E-state index in [2.05, 4.69) is 17.1 Å². The first kappa shape index (κ1) is 28.1. The number of ether oxygens (including phenoxy) is 1. The Kier molecular flexibility index (Phi) is 10.9. The molecule has 1 N–H and O–H groups in total. The van der Waals surface area contributed by atoms with Crippen LogP contribution in [0.15, 0.2) is 11.6 Å². The molecule has 184 valence electrons. The van der Waals surface area contributed by atoms with Crippen LogP contribution in [0.25, 0.3) is 0 Å². The zero-order chi connectivity index (χ0) is 24.6. The smallest absolute Gasteiger partial charge is 0.333 e. The number of amides is 2. The average molecular weight is 452 g/mol. The molecule has 1 aliphatic heterocycles. The molecule has 32 heavy (non-hydrogen) atoms. The summed E-state index contributed by atoms with van der Waals surface area (Å²) in [5, 5.41) is 3.08. The molecule has 0 spiro atoms. The van der Waals surface area contributed by atoms with Crippen LogP contribution in [0.4, 0.5) is 0 Å². The first-order valence-corrected chi connectivity index (χ1v) is 12.0. The Hall–Kier alpha value is -1.89. The van der Waals surface area contributed by atoms with Crippen LogP contribution in [0, 0.1) is 11.3 Å². The highest BCUT2D eigenvalue weighted by atomic mass is 16.5. The van der Waals surface area contributed by atoms with Crippen molar-refractivity contribution in [3.8, 4) is 0 Å². The van der Waals surface area contributed by atoms with Crippen LogP contribution in [0.5, 0.6) is 0 Å². The molecule has 0 aromatic rings. The van der Waals surface area contributed by atoms with Gasteiger partial charge in [-0.05, 0) is 51.1 Å². The summed E-state index contributed by atoms with van der Waals surface area (Å²) in [7, 11) is 1.74. The zero-order valence-electron chi connectivity index (χ0n) is 21.7. The fraction of sp³-hybridized carbons (Fsp3) is 0.800. The maximum atomic E-state index is 13.6. The van der Waals surface area contributed by atoms with Crippen molar-refractivity contribution in [2.45, 2.75) is 92.8 Å². The van der Waals surface area contributed by atoms with Crippen LogP contribution < -0.4 is 5.32 Å². The van der Waals surface area contributed by atoms with Gasteiger partial charge in [-0.3, -0.25) is 14.5 Å². The second kappa shape index (κ2) is 12.4. The Morgan fingerprint density at radius 3 is 2.31 bits per heavy atom. The fourth-order valence-corrected chi connectivity index (χ4v) is 4.22. The minimum absolute atomic E-state index is 0.0763. The molecule has 1 heterocycles. The van der Waals surface area contributed by atoms with Gasteiger partial charge in [-0.25, -0.2) is 4.79 Å². The van der Waals surface area contributed by atoms with Crippen LogP contribution in [0.1, 0.15) is 74.7 Å². The Morgan fingerprint density at radius 2 is 1.81 bits per heavy atom. The molecule has 1 saturated heterocycles. The summed E-state index contributed by atoms with van der Waals surface area (Å²) in [6.07, 6.45) is 4.74. The average Bonchev–Trinajstić information content (AvgIpc) is 2.73. The Bertz CT molecular complexity index is 681. The molecule has 7 nitrogen and oxygen atoms in total. The second-order valence-corrected chi connectivity index (χ2v) is 10.2. The monoisotopic (exact) mass is 451 g/mol. The van der Waals surface area contributed by atoms with Gasteiger partial charge < -0.3 is 15.0 Å². The third kappa shape index (κ3) is 7.61. The summed E-state index contributed by atoms with van der Waals surface area (Å²) in [6.45, 7) is 17.5. The van der Waals surface area contributed by atoms with Crippen LogP contribution in [-0.4, -0.2) is 72.5 Å². The summed E-state index contributed by atoms with van der Waals surface area (Å²) in [5.74, 6) is -0.529. The predicted molar refractivity (Wildman–Crippen MR) is 128 cm³/mol. The minimum Gasteiger partial charge on any atom is -0.463 e. The third-order valence-corrected chi connectivity index (χ3v) is 6.22. The Labute approximate surface area is 194 Å². The van der Waals surface area contributed by atoms with E-state index in [0.29, 0.717) is 12.2 Å². The van der Waals surface area contributed by atoms with Crippen LogP contribution in [-0.2, 0) is 19.1 Å². The van der Waals surface area contributed by atoms with E-state index < -0.39 is 11.5 Å². The maximum Gasteiger partial charge on any atom is 0.333 e. The van der Waals surface area contributed by atoms with E-state index >= 15 is 0 Å². The van der Waals surface area contributed by atoms with E-state index in [-0.39, 0.29) is 35.8 Å². The number of piperidine rings is 1. The lowest BCUT2D eigenvalue weighted by Gasteiger charge is -2.39. The van der Waals surface area contributed by atoms with Crippen molar-refractivity contribution < 1.29 is 19.1 Å². The largest absolute Gasteiger partial charge is 0.463 e. The molecule has 0 radical (unpaired) electrons. The molecular formula is C25H45N3O4. The number of esters is 1. The molecule has 3 atom stereocenters. The van der Waals surface area contributed by atoms with Gasteiger partial charge in [-0.2, -0.15) is 0 Å². The van der Waals surface area contributed by atoms with E-state index in [0.717, 1.165) is 32.4 Å². The first-order valence-electron chi connectivity index (χ1n) is 12.0. The van der Waals surface area contributed by atoms with Crippen molar-refractivity contribution >= 4 is 17.8 Å². The molecule has 0 aromatic carbocycles. The molecule has 1 fully saturated rings. The summed E-state index contributed by atoms with van der Waals surface area (Å²) in [6, 6.07) is -1.16. The number of carbonyl (C=O) groups excluding carboxylic acids is 3. The number of rotatable bonds is 9. The second-order valence-electron chi connectivity index (χ2n) is 10.2. The predicted octanol–water partition coefficient (Wildman–Crippen LogP) is 3.38. The molecule has 2 amide bonds.